The SMILES string of the molecule is CC/C=C/C=C/C=C/C=C/CCCCCC(=O)OC(COC(=O)CCCCCCCCCCCCC/C=C/C/C=C/C/C=C/CC)COP(=O)([O-])OCC[N+](C)(C)C. The van der Waals surface area contributed by atoms with Crippen LogP contribution in [0.25, 0.3) is 0 Å². The lowest BCUT2D eigenvalue weighted by molar-refractivity contribution is -0.870. The Labute approximate surface area is 354 Å². The van der Waals surface area contributed by atoms with Gasteiger partial charge in [-0.2, -0.15) is 0 Å². The third-order valence-electron chi connectivity index (χ3n) is 9.01. The van der Waals surface area contributed by atoms with Gasteiger partial charge < -0.3 is 27.9 Å². The number of rotatable bonds is 39. The molecule has 0 heterocycles. The molecule has 58 heavy (non-hydrogen) atoms. The Morgan fingerprint density at radius 2 is 1.02 bits per heavy atom. The van der Waals surface area contributed by atoms with Crippen LogP contribution in [0.1, 0.15) is 155 Å². The van der Waals surface area contributed by atoms with Gasteiger partial charge in [-0.05, 0) is 64.2 Å². The summed E-state index contributed by atoms with van der Waals surface area (Å²) < 4.78 is 33.8. The first kappa shape index (κ1) is 55.2. The standard InChI is InChI=1S/C48H82NO8P/c1-6-8-10-12-14-16-18-20-21-22-23-24-25-26-27-29-30-32-34-36-38-40-47(50)54-44-46(45-56-58(52,53)55-43-42-49(3,4)5)57-48(51)41-39-37-35-33-31-28-19-17-15-13-11-9-7-2/h8-11,13-17,19-21,28,31,46H,6-7,12,18,22-27,29-30,32-45H2,1-5H3/b10-8+,11-9+,15-13+,16-14+,19-17+,21-20+,31-28+. The van der Waals surface area contributed by atoms with E-state index in [1.165, 1.54) is 51.4 Å². The van der Waals surface area contributed by atoms with Crippen molar-refractivity contribution in [2.75, 3.05) is 47.5 Å². The normalized spacial score (nSPS) is 14.4. The van der Waals surface area contributed by atoms with Crippen LogP contribution in [0.4, 0.5) is 0 Å². The van der Waals surface area contributed by atoms with Gasteiger partial charge >= 0.3 is 11.9 Å². The highest BCUT2D eigenvalue weighted by Gasteiger charge is 2.21. The molecule has 0 saturated heterocycles. The lowest BCUT2D eigenvalue weighted by atomic mass is 10.0. The van der Waals surface area contributed by atoms with Gasteiger partial charge in [0.1, 0.15) is 19.8 Å². The molecule has 2 unspecified atom stereocenters. The summed E-state index contributed by atoms with van der Waals surface area (Å²) in [5.74, 6) is -0.891. The topological polar surface area (TPSA) is 111 Å². The van der Waals surface area contributed by atoms with Crippen LogP contribution in [0.15, 0.2) is 85.1 Å². The van der Waals surface area contributed by atoms with Crippen LogP contribution in [0.2, 0.25) is 0 Å². The highest BCUT2D eigenvalue weighted by atomic mass is 31.2. The van der Waals surface area contributed by atoms with E-state index in [0.717, 1.165) is 70.6 Å². The molecule has 0 aliphatic rings. The Balaban J connectivity index is 4.34. The summed E-state index contributed by atoms with van der Waals surface area (Å²) in [6.45, 7) is 3.90. The first-order chi connectivity index (χ1) is 28.0. The van der Waals surface area contributed by atoms with E-state index in [1.54, 1.807) is 0 Å². The van der Waals surface area contributed by atoms with Crippen LogP contribution >= 0.6 is 7.82 Å². The van der Waals surface area contributed by atoms with Gasteiger partial charge in [-0.3, -0.25) is 14.2 Å². The van der Waals surface area contributed by atoms with Crippen LogP contribution < -0.4 is 4.89 Å². The van der Waals surface area contributed by atoms with E-state index in [9.17, 15) is 19.0 Å². The predicted octanol–water partition coefficient (Wildman–Crippen LogP) is 12.2. The molecule has 10 heteroatoms. The summed E-state index contributed by atoms with van der Waals surface area (Å²) >= 11 is 0. The minimum absolute atomic E-state index is 0.0437. The number of nitrogens with zero attached hydrogens (tertiary/aromatic N) is 1. The molecule has 0 aromatic rings. The van der Waals surface area contributed by atoms with Gasteiger partial charge in [-0.1, -0.05) is 163 Å². The van der Waals surface area contributed by atoms with Crippen molar-refractivity contribution in [2.45, 2.75) is 161 Å². The second kappa shape index (κ2) is 39.6. The fourth-order valence-corrected chi connectivity index (χ4v) is 6.29. The monoisotopic (exact) mass is 832 g/mol. The molecule has 0 rings (SSSR count). The number of quaternary nitrogens is 1. The summed E-state index contributed by atoms with van der Waals surface area (Å²) in [4.78, 5) is 37.5. The van der Waals surface area contributed by atoms with Crippen molar-refractivity contribution >= 4 is 19.8 Å². The van der Waals surface area contributed by atoms with Gasteiger partial charge in [0.05, 0.1) is 27.7 Å². The molecule has 0 radical (unpaired) electrons. The molecule has 0 aromatic heterocycles. The average Bonchev–Trinajstić information content (AvgIpc) is 3.17. The Kier molecular flexibility index (Phi) is 37.7. The molecule has 332 valence electrons. The first-order valence-electron chi connectivity index (χ1n) is 22.3. The van der Waals surface area contributed by atoms with Gasteiger partial charge in [0.2, 0.25) is 0 Å². The maximum absolute atomic E-state index is 12.6. The maximum Gasteiger partial charge on any atom is 0.306 e. The molecule has 0 amide bonds. The highest BCUT2D eigenvalue weighted by molar-refractivity contribution is 7.45. The predicted molar refractivity (Wildman–Crippen MR) is 240 cm³/mol. The van der Waals surface area contributed by atoms with E-state index in [0.29, 0.717) is 17.4 Å². The van der Waals surface area contributed by atoms with E-state index in [2.05, 4.69) is 62.5 Å². The molecule has 0 aromatic carbocycles. The van der Waals surface area contributed by atoms with Crippen molar-refractivity contribution < 1.29 is 42.1 Å². The van der Waals surface area contributed by atoms with Crippen molar-refractivity contribution in [3.63, 3.8) is 0 Å². The molecular formula is C48H82NO8P. The third-order valence-corrected chi connectivity index (χ3v) is 9.97. The summed E-state index contributed by atoms with van der Waals surface area (Å²) in [5.41, 5.74) is 0. The van der Waals surface area contributed by atoms with E-state index >= 15 is 0 Å². The number of ether oxygens (including phenoxy) is 2. The largest absolute Gasteiger partial charge is 0.756 e. The number of likely N-dealkylation sites (N-methyl/N-ethyl adjacent to an activating group) is 1. The summed E-state index contributed by atoms with van der Waals surface area (Å²) in [5, 5.41) is 0. The maximum atomic E-state index is 12.6. The van der Waals surface area contributed by atoms with Crippen LogP contribution in [0.3, 0.4) is 0 Å². The molecular weight excluding hydrogens is 750 g/mol. The molecule has 0 saturated carbocycles. The lowest BCUT2D eigenvalue weighted by Crippen LogP contribution is -2.37. The fraction of sp³-hybridized carbons (Fsp3) is 0.667. The van der Waals surface area contributed by atoms with Crippen molar-refractivity contribution in [3.05, 3.63) is 85.1 Å². The van der Waals surface area contributed by atoms with Gasteiger partial charge in [-0.15, -0.1) is 0 Å². The number of phosphoric acid groups is 1. The lowest BCUT2D eigenvalue weighted by Gasteiger charge is -2.28. The Hall–Kier alpha value is -2.81. The zero-order valence-corrected chi connectivity index (χ0v) is 38.1. The van der Waals surface area contributed by atoms with E-state index in [4.69, 9.17) is 18.5 Å². The molecule has 9 nitrogen and oxygen atoms in total. The van der Waals surface area contributed by atoms with Crippen LogP contribution in [0, 0.1) is 0 Å². The van der Waals surface area contributed by atoms with Crippen molar-refractivity contribution in [1.82, 2.24) is 0 Å². The van der Waals surface area contributed by atoms with Crippen LogP contribution in [-0.2, 0) is 32.7 Å². The van der Waals surface area contributed by atoms with Gasteiger partial charge in [0, 0.05) is 12.8 Å². The van der Waals surface area contributed by atoms with Gasteiger partial charge in [-0.25, -0.2) is 0 Å². The Morgan fingerprint density at radius 1 is 0.552 bits per heavy atom. The molecule has 2 atom stereocenters. The molecule has 0 aliphatic carbocycles. The van der Waals surface area contributed by atoms with Crippen molar-refractivity contribution in [1.29, 1.82) is 0 Å². The van der Waals surface area contributed by atoms with Crippen molar-refractivity contribution in [2.24, 2.45) is 0 Å². The first-order valence-corrected chi connectivity index (χ1v) is 23.8. The number of hydrogen-bond acceptors (Lipinski definition) is 8. The summed E-state index contributed by atoms with van der Waals surface area (Å²) in [6, 6.07) is 0. The number of carbonyl (C=O) groups excluding carboxylic acids is 2. The quantitative estimate of drug-likeness (QED) is 0.0150. The number of unbranched alkanes of at least 4 members (excludes halogenated alkanes) is 14. The minimum Gasteiger partial charge on any atom is -0.756 e. The molecule has 0 spiro atoms. The second-order valence-electron chi connectivity index (χ2n) is 15.7. The van der Waals surface area contributed by atoms with E-state index < -0.39 is 32.5 Å². The zero-order valence-electron chi connectivity index (χ0n) is 37.2. The number of hydrogen-bond donors (Lipinski definition) is 0. The van der Waals surface area contributed by atoms with Gasteiger partial charge in [0.15, 0.2) is 6.10 Å². The number of carbonyl (C=O) groups is 2. The van der Waals surface area contributed by atoms with E-state index in [1.807, 2.05) is 57.6 Å². The zero-order chi connectivity index (χ0) is 42.8. The molecule has 0 N–H and O–H groups in total. The number of phosphoric ester groups is 1. The van der Waals surface area contributed by atoms with Gasteiger partial charge in [0.25, 0.3) is 7.82 Å². The van der Waals surface area contributed by atoms with E-state index in [-0.39, 0.29) is 26.1 Å². The fourth-order valence-electron chi connectivity index (χ4n) is 5.56. The highest BCUT2D eigenvalue weighted by Crippen LogP contribution is 2.38. The Morgan fingerprint density at radius 3 is 1.60 bits per heavy atom. The second-order valence-corrected chi connectivity index (χ2v) is 17.2. The summed E-state index contributed by atoms with van der Waals surface area (Å²) in [6.07, 6.45) is 50.5. The van der Waals surface area contributed by atoms with Crippen molar-refractivity contribution in [3.8, 4) is 0 Å². The smallest absolute Gasteiger partial charge is 0.306 e. The number of esters is 2. The molecule has 0 fully saturated rings. The summed E-state index contributed by atoms with van der Waals surface area (Å²) in [7, 11) is 1.12. The third kappa shape index (κ3) is 42.8. The van der Waals surface area contributed by atoms with Crippen LogP contribution in [-0.4, -0.2) is 70.0 Å². The van der Waals surface area contributed by atoms with Crippen LogP contribution in [0.5, 0.6) is 0 Å². The Bertz CT molecular complexity index is 1260. The molecule has 0 bridgehead atoms. The molecule has 0 aliphatic heterocycles. The average molecular weight is 832 g/mol. The number of allylic oxidation sites excluding steroid dienone is 14. The minimum atomic E-state index is -4.64.